The second-order valence-electron chi connectivity index (χ2n) is 6.74. The SMILES string of the molecule is O=C(c1ccccc1)N1CCC2(CC1)OCc1cc(C#CCO)ccc1O2. The van der Waals surface area contributed by atoms with E-state index in [1.807, 2.05) is 53.4 Å². The van der Waals surface area contributed by atoms with Crippen LogP contribution in [0.5, 0.6) is 5.75 Å². The van der Waals surface area contributed by atoms with Gasteiger partial charge in [-0.15, -0.1) is 0 Å². The number of aliphatic hydroxyl groups is 1. The maximum absolute atomic E-state index is 12.6. The molecule has 1 fully saturated rings. The van der Waals surface area contributed by atoms with Crippen molar-refractivity contribution in [3.8, 4) is 17.6 Å². The van der Waals surface area contributed by atoms with Crippen molar-refractivity contribution in [1.29, 1.82) is 0 Å². The number of hydrogen-bond donors (Lipinski definition) is 1. The fraction of sp³-hybridized carbons (Fsp3) is 0.318. The second-order valence-corrected chi connectivity index (χ2v) is 6.74. The van der Waals surface area contributed by atoms with Crippen molar-refractivity contribution in [2.75, 3.05) is 19.7 Å². The molecule has 0 atom stereocenters. The number of piperidine rings is 1. The van der Waals surface area contributed by atoms with Crippen LogP contribution in [0.15, 0.2) is 48.5 Å². The lowest BCUT2D eigenvalue weighted by molar-refractivity contribution is -0.225. The van der Waals surface area contributed by atoms with Crippen LogP contribution in [-0.4, -0.2) is 41.4 Å². The minimum Gasteiger partial charge on any atom is -0.462 e. The Hall–Kier alpha value is -2.81. The molecule has 1 spiro atoms. The van der Waals surface area contributed by atoms with Crippen molar-refractivity contribution in [1.82, 2.24) is 4.90 Å². The molecule has 138 valence electrons. The van der Waals surface area contributed by atoms with Crippen LogP contribution in [0, 0.1) is 11.8 Å². The van der Waals surface area contributed by atoms with Crippen molar-refractivity contribution in [2.24, 2.45) is 0 Å². The third-order valence-corrected chi connectivity index (χ3v) is 4.99. The Balaban J connectivity index is 1.43. The maximum Gasteiger partial charge on any atom is 0.253 e. The van der Waals surface area contributed by atoms with Gasteiger partial charge in [0.2, 0.25) is 5.79 Å². The number of aliphatic hydroxyl groups excluding tert-OH is 1. The van der Waals surface area contributed by atoms with Crippen molar-refractivity contribution in [2.45, 2.75) is 25.2 Å². The van der Waals surface area contributed by atoms with Crippen LogP contribution in [-0.2, 0) is 11.3 Å². The molecule has 5 nitrogen and oxygen atoms in total. The van der Waals surface area contributed by atoms with Gasteiger partial charge in [0.25, 0.3) is 5.91 Å². The van der Waals surface area contributed by atoms with Gasteiger partial charge >= 0.3 is 0 Å². The van der Waals surface area contributed by atoms with Crippen LogP contribution in [0.1, 0.15) is 34.3 Å². The summed E-state index contributed by atoms with van der Waals surface area (Å²) in [5, 5.41) is 8.81. The first-order valence-electron chi connectivity index (χ1n) is 9.09. The molecule has 0 radical (unpaired) electrons. The first-order valence-corrected chi connectivity index (χ1v) is 9.09. The summed E-state index contributed by atoms with van der Waals surface area (Å²) in [5.74, 6) is 5.72. The molecule has 0 bridgehead atoms. The van der Waals surface area contributed by atoms with Gasteiger partial charge in [-0.05, 0) is 30.3 Å². The van der Waals surface area contributed by atoms with Gasteiger partial charge in [-0.25, -0.2) is 0 Å². The number of likely N-dealkylation sites (tertiary alicyclic amines) is 1. The van der Waals surface area contributed by atoms with Crippen molar-refractivity contribution < 1.29 is 19.4 Å². The zero-order valence-electron chi connectivity index (χ0n) is 15.0. The lowest BCUT2D eigenvalue weighted by Crippen LogP contribution is -2.52. The third kappa shape index (κ3) is 3.68. The normalized spacial score (nSPS) is 17.4. The fourth-order valence-electron chi connectivity index (χ4n) is 3.51. The number of carbonyl (C=O) groups excluding carboxylic acids is 1. The Morgan fingerprint density at radius 3 is 2.67 bits per heavy atom. The molecule has 2 aromatic rings. The number of carbonyl (C=O) groups is 1. The molecule has 2 aliphatic heterocycles. The number of amides is 1. The topological polar surface area (TPSA) is 59.0 Å². The molecule has 5 heteroatoms. The number of ether oxygens (including phenoxy) is 2. The Morgan fingerprint density at radius 2 is 1.93 bits per heavy atom. The van der Waals surface area contributed by atoms with Crippen molar-refractivity contribution in [3.05, 3.63) is 65.2 Å². The Bertz CT molecular complexity index is 890. The summed E-state index contributed by atoms with van der Waals surface area (Å²) < 4.78 is 12.3. The average molecular weight is 363 g/mol. The molecule has 27 heavy (non-hydrogen) atoms. The van der Waals surface area contributed by atoms with Crippen molar-refractivity contribution in [3.63, 3.8) is 0 Å². The van der Waals surface area contributed by atoms with E-state index in [2.05, 4.69) is 11.8 Å². The molecule has 2 aromatic carbocycles. The van der Waals surface area contributed by atoms with Gasteiger partial charge in [0.05, 0.1) is 6.61 Å². The van der Waals surface area contributed by atoms with E-state index < -0.39 is 5.79 Å². The summed E-state index contributed by atoms with van der Waals surface area (Å²) >= 11 is 0. The highest BCUT2D eigenvalue weighted by Gasteiger charge is 2.41. The minimum atomic E-state index is -0.668. The summed E-state index contributed by atoms with van der Waals surface area (Å²) in [7, 11) is 0. The molecule has 1 amide bonds. The van der Waals surface area contributed by atoms with E-state index in [4.69, 9.17) is 14.6 Å². The molecule has 0 aromatic heterocycles. The summed E-state index contributed by atoms with van der Waals surface area (Å²) in [5.41, 5.74) is 2.49. The first-order chi connectivity index (χ1) is 13.2. The number of nitrogens with zero attached hydrogens (tertiary/aromatic N) is 1. The van der Waals surface area contributed by atoms with Gasteiger partial charge in [-0.2, -0.15) is 0 Å². The second kappa shape index (κ2) is 7.43. The molecule has 1 N–H and O–H groups in total. The number of hydrogen-bond acceptors (Lipinski definition) is 4. The number of rotatable bonds is 1. The third-order valence-electron chi connectivity index (χ3n) is 4.99. The summed E-state index contributed by atoms with van der Waals surface area (Å²) in [6.45, 7) is 1.49. The van der Waals surface area contributed by atoms with Gasteiger partial charge in [0.1, 0.15) is 12.4 Å². The smallest absolute Gasteiger partial charge is 0.253 e. The Kier molecular flexibility index (Phi) is 4.85. The Morgan fingerprint density at radius 1 is 1.15 bits per heavy atom. The van der Waals surface area contributed by atoms with E-state index in [1.165, 1.54) is 0 Å². The summed E-state index contributed by atoms with van der Waals surface area (Å²) in [6.07, 6.45) is 1.27. The van der Waals surface area contributed by atoms with Gasteiger partial charge in [-0.1, -0.05) is 30.0 Å². The van der Waals surface area contributed by atoms with E-state index in [0.29, 0.717) is 38.1 Å². The van der Waals surface area contributed by atoms with E-state index >= 15 is 0 Å². The van der Waals surface area contributed by atoms with E-state index in [0.717, 1.165) is 16.9 Å². The highest BCUT2D eigenvalue weighted by molar-refractivity contribution is 5.94. The van der Waals surface area contributed by atoms with Crippen LogP contribution >= 0.6 is 0 Å². The molecule has 0 saturated carbocycles. The predicted octanol–water partition coefficient (Wildman–Crippen LogP) is 2.57. The van der Waals surface area contributed by atoms with Gasteiger partial charge in [-0.3, -0.25) is 4.79 Å². The molecule has 2 aliphatic rings. The monoisotopic (exact) mass is 363 g/mol. The lowest BCUT2D eigenvalue weighted by atomic mass is 10.00. The zero-order valence-corrected chi connectivity index (χ0v) is 15.0. The summed E-state index contributed by atoms with van der Waals surface area (Å²) in [4.78, 5) is 14.5. The van der Waals surface area contributed by atoms with E-state index in [-0.39, 0.29) is 12.5 Å². The highest BCUT2D eigenvalue weighted by Crippen LogP contribution is 2.38. The predicted molar refractivity (Wildman–Crippen MR) is 100 cm³/mol. The molecule has 0 aliphatic carbocycles. The number of fused-ring (bicyclic) bond motifs is 1. The maximum atomic E-state index is 12.6. The largest absolute Gasteiger partial charge is 0.462 e. The fourth-order valence-corrected chi connectivity index (χ4v) is 3.51. The first kappa shape index (κ1) is 17.6. The van der Waals surface area contributed by atoms with Crippen LogP contribution in [0.3, 0.4) is 0 Å². The molecule has 4 rings (SSSR count). The zero-order chi connectivity index (χ0) is 18.7. The van der Waals surface area contributed by atoms with Gasteiger partial charge in [0, 0.05) is 42.6 Å². The van der Waals surface area contributed by atoms with E-state index in [9.17, 15) is 4.79 Å². The quantitative estimate of drug-likeness (QED) is 0.791. The molecule has 0 unspecified atom stereocenters. The van der Waals surface area contributed by atoms with Gasteiger partial charge < -0.3 is 19.5 Å². The molecule has 1 saturated heterocycles. The van der Waals surface area contributed by atoms with Crippen molar-refractivity contribution >= 4 is 5.91 Å². The highest BCUT2D eigenvalue weighted by atomic mass is 16.7. The van der Waals surface area contributed by atoms with Crippen LogP contribution in [0.4, 0.5) is 0 Å². The van der Waals surface area contributed by atoms with Crippen LogP contribution in [0.25, 0.3) is 0 Å². The lowest BCUT2D eigenvalue weighted by Gasteiger charge is -2.44. The number of benzene rings is 2. The molecule has 2 heterocycles. The Labute approximate surface area is 158 Å². The molecular formula is C22H21NO4. The van der Waals surface area contributed by atoms with Crippen LogP contribution in [0.2, 0.25) is 0 Å². The minimum absolute atomic E-state index is 0.0498. The standard InChI is InChI=1S/C22H21NO4/c24-14-4-5-17-8-9-20-19(15-17)16-26-22(27-20)10-12-23(13-11-22)21(25)18-6-2-1-3-7-18/h1-3,6-9,15,24H,10-14,16H2. The summed E-state index contributed by atoms with van der Waals surface area (Å²) in [6, 6.07) is 15.1. The molecular weight excluding hydrogens is 342 g/mol. The van der Waals surface area contributed by atoms with E-state index in [1.54, 1.807) is 0 Å². The average Bonchev–Trinajstić information content (AvgIpc) is 2.73. The van der Waals surface area contributed by atoms with Crippen LogP contribution < -0.4 is 4.74 Å². The van der Waals surface area contributed by atoms with Gasteiger partial charge in [0.15, 0.2) is 0 Å².